The summed E-state index contributed by atoms with van der Waals surface area (Å²) in [7, 11) is 0. The van der Waals surface area contributed by atoms with E-state index in [2.05, 4.69) is 15.1 Å². The molecule has 1 amide bonds. The smallest absolute Gasteiger partial charge is 0.265 e. The molecule has 1 aliphatic heterocycles. The second-order valence-electron chi connectivity index (χ2n) is 5.49. The number of hydrogen-bond acceptors (Lipinski definition) is 7. The number of rotatable bonds is 3. The standard InChI is InChI=1S/C15H14N4O3S/c1-8-12(23-9(2)16-8)15(20)19-6-10(7-19)14-17-13(18-22-14)11-4-3-5-21-11/h3-5,10H,6-7H2,1-2H3. The molecule has 0 atom stereocenters. The van der Waals surface area contributed by atoms with Gasteiger partial charge in [-0.2, -0.15) is 4.98 Å². The van der Waals surface area contributed by atoms with Gasteiger partial charge in [-0.3, -0.25) is 4.79 Å². The lowest BCUT2D eigenvalue weighted by molar-refractivity contribution is 0.0573. The van der Waals surface area contributed by atoms with E-state index >= 15 is 0 Å². The Morgan fingerprint density at radius 3 is 2.83 bits per heavy atom. The first-order chi connectivity index (χ1) is 11.1. The fourth-order valence-electron chi connectivity index (χ4n) is 2.58. The van der Waals surface area contributed by atoms with Gasteiger partial charge in [-0.25, -0.2) is 4.98 Å². The first kappa shape index (κ1) is 14.1. The molecule has 0 aliphatic carbocycles. The largest absolute Gasteiger partial charge is 0.461 e. The maximum atomic E-state index is 12.4. The Labute approximate surface area is 135 Å². The number of hydrogen-bond donors (Lipinski definition) is 0. The van der Waals surface area contributed by atoms with Crippen molar-refractivity contribution in [3.05, 3.63) is 39.9 Å². The average molecular weight is 330 g/mol. The SMILES string of the molecule is Cc1nc(C)c(C(=O)N2CC(c3nc(-c4ccco4)no3)C2)s1. The van der Waals surface area contributed by atoms with Crippen molar-refractivity contribution in [1.29, 1.82) is 0 Å². The minimum atomic E-state index is 0.0233. The normalized spacial score (nSPS) is 15.0. The van der Waals surface area contributed by atoms with Gasteiger partial charge in [0.25, 0.3) is 5.91 Å². The molecule has 23 heavy (non-hydrogen) atoms. The third-order valence-electron chi connectivity index (χ3n) is 3.80. The van der Waals surface area contributed by atoms with E-state index in [1.807, 2.05) is 13.8 Å². The number of aromatic nitrogens is 3. The predicted octanol–water partition coefficient (Wildman–Crippen LogP) is 2.64. The molecule has 4 heterocycles. The quantitative estimate of drug-likeness (QED) is 0.734. The summed E-state index contributed by atoms with van der Waals surface area (Å²) in [5.74, 6) is 1.64. The van der Waals surface area contributed by atoms with Gasteiger partial charge in [0.1, 0.15) is 4.88 Å². The number of likely N-dealkylation sites (tertiary alicyclic amines) is 1. The fraction of sp³-hybridized carbons (Fsp3) is 0.333. The summed E-state index contributed by atoms with van der Waals surface area (Å²) in [6.07, 6.45) is 1.56. The van der Waals surface area contributed by atoms with Crippen molar-refractivity contribution < 1.29 is 13.7 Å². The topological polar surface area (TPSA) is 85.3 Å². The molecule has 8 heteroatoms. The van der Waals surface area contributed by atoms with E-state index in [0.29, 0.717) is 35.4 Å². The second-order valence-corrected chi connectivity index (χ2v) is 6.69. The van der Waals surface area contributed by atoms with Crippen molar-refractivity contribution >= 4 is 17.2 Å². The van der Waals surface area contributed by atoms with Gasteiger partial charge in [0.05, 0.1) is 22.9 Å². The summed E-state index contributed by atoms with van der Waals surface area (Å²) >= 11 is 1.43. The van der Waals surface area contributed by atoms with Gasteiger partial charge in [-0.15, -0.1) is 11.3 Å². The summed E-state index contributed by atoms with van der Waals surface area (Å²) in [6.45, 7) is 4.92. The van der Waals surface area contributed by atoms with Gasteiger partial charge >= 0.3 is 0 Å². The van der Waals surface area contributed by atoms with Crippen LogP contribution in [-0.4, -0.2) is 39.0 Å². The number of carbonyl (C=O) groups is 1. The Morgan fingerprint density at radius 1 is 1.35 bits per heavy atom. The number of carbonyl (C=O) groups excluding carboxylic acids is 1. The first-order valence-corrected chi connectivity index (χ1v) is 8.04. The number of nitrogens with zero attached hydrogens (tertiary/aromatic N) is 4. The van der Waals surface area contributed by atoms with Gasteiger partial charge in [0.15, 0.2) is 5.76 Å². The molecule has 1 aliphatic rings. The van der Waals surface area contributed by atoms with E-state index < -0.39 is 0 Å². The zero-order chi connectivity index (χ0) is 16.0. The summed E-state index contributed by atoms with van der Waals surface area (Å²) in [5.41, 5.74) is 0.791. The molecular weight excluding hydrogens is 316 g/mol. The van der Waals surface area contributed by atoms with E-state index in [1.165, 1.54) is 11.3 Å². The van der Waals surface area contributed by atoms with Crippen LogP contribution in [0, 0.1) is 13.8 Å². The highest BCUT2D eigenvalue weighted by Crippen LogP contribution is 2.30. The molecule has 1 fully saturated rings. The van der Waals surface area contributed by atoms with Crippen LogP contribution in [0.4, 0.5) is 0 Å². The van der Waals surface area contributed by atoms with Crippen molar-refractivity contribution in [1.82, 2.24) is 20.0 Å². The molecule has 0 radical (unpaired) electrons. The van der Waals surface area contributed by atoms with E-state index in [9.17, 15) is 4.79 Å². The van der Waals surface area contributed by atoms with E-state index in [1.54, 1.807) is 23.3 Å². The molecule has 118 valence electrons. The lowest BCUT2D eigenvalue weighted by Crippen LogP contribution is -2.48. The minimum Gasteiger partial charge on any atom is -0.461 e. The van der Waals surface area contributed by atoms with Crippen LogP contribution >= 0.6 is 11.3 Å². The molecule has 0 saturated carbocycles. The van der Waals surface area contributed by atoms with Crippen LogP contribution in [0.5, 0.6) is 0 Å². The molecule has 1 saturated heterocycles. The van der Waals surface area contributed by atoms with Gasteiger partial charge in [-0.05, 0) is 26.0 Å². The summed E-state index contributed by atoms with van der Waals surface area (Å²) < 4.78 is 10.5. The Hall–Kier alpha value is -2.48. The van der Waals surface area contributed by atoms with Crippen LogP contribution in [0.2, 0.25) is 0 Å². The van der Waals surface area contributed by atoms with E-state index in [4.69, 9.17) is 8.94 Å². The van der Waals surface area contributed by atoms with Crippen molar-refractivity contribution in [3.63, 3.8) is 0 Å². The molecule has 0 spiro atoms. The first-order valence-electron chi connectivity index (χ1n) is 7.22. The molecule has 0 N–H and O–H groups in total. The van der Waals surface area contributed by atoms with Crippen LogP contribution in [0.3, 0.4) is 0 Å². The Bertz CT molecular complexity index is 846. The van der Waals surface area contributed by atoms with Crippen LogP contribution in [0.15, 0.2) is 27.3 Å². The number of furan rings is 1. The van der Waals surface area contributed by atoms with Crippen LogP contribution in [0.1, 0.15) is 32.2 Å². The monoisotopic (exact) mass is 330 g/mol. The predicted molar refractivity (Wildman–Crippen MR) is 82.2 cm³/mol. The second kappa shape index (κ2) is 5.31. The summed E-state index contributed by atoms with van der Waals surface area (Å²) in [5, 5.41) is 4.82. The van der Waals surface area contributed by atoms with Gasteiger partial charge in [0.2, 0.25) is 11.7 Å². The third-order valence-corrected chi connectivity index (χ3v) is 4.86. The Balaban J connectivity index is 1.43. The van der Waals surface area contributed by atoms with Crippen molar-refractivity contribution in [2.45, 2.75) is 19.8 Å². The zero-order valence-corrected chi connectivity index (χ0v) is 13.5. The number of thiazole rings is 1. The highest BCUT2D eigenvalue weighted by Gasteiger charge is 2.37. The van der Waals surface area contributed by atoms with Gasteiger partial charge < -0.3 is 13.8 Å². The van der Waals surface area contributed by atoms with E-state index in [0.717, 1.165) is 10.7 Å². The van der Waals surface area contributed by atoms with Gasteiger partial charge in [-0.1, -0.05) is 5.16 Å². The highest BCUT2D eigenvalue weighted by atomic mass is 32.1. The fourth-order valence-corrected chi connectivity index (χ4v) is 3.47. The van der Waals surface area contributed by atoms with Crippen molar-refractivity contribution in [3.8, 4) is 11.6 Å². The third kappa shape index (κ3) is 2.44. The Morgan fingerprint density at radius 2 is 2.17 bits per heavy atom. The average Bonchev–Trinajstić information content (AvgIpc) is 3.17. The molecule has 4 rings (SSSR count). The lowest BCUT2D eigenvalue weighted by Gasteiger charge is -2.36. The van der Waals surface area contributed by atoms with Crippen LogP contribution in [-0.2, 0) is 0 Å². The molecule has 7 nitrogen and oxygen atoms in total. The summed E-state index contributed by atoms with van der Waals surface area (Å²) in [4.78, 5) is 23.6. The maximum Gasteiger partial charge on any atom is 0.265 e. The molecule has 0 bridgehead atoms. The summed E-state index contributed by atoms with van der Waals surface area (Å²) in [6, 6.07) is 3.55. The minimum absolute atomic E-state index is 0.0233. The van der Waals surface area contributed by atoms with Gasteiger partial charge in [0, 0.05) is 13.1 Å². The molecule has 3 aromatic heterocycles. The molecule has 0 unspecified atom stereocenters. The Kier molecular flexibility index (Phi) is 3.26. The zero-order valence-electron chi connectivity index (χ0n) is 12.6. The molecular formula is C15H14N4O3S. The maximum absolute atomic E-state index is 12.4. The molecule has 0 aromatic carbocycles. The van der Waals surface area contributed by atoms with Crippen molar-refractivity contribution in [2.24, 2.45) is 0 Å². The van der Waals surface area contributed by atoms with Crippen LogP contribution < -0.4 is 0 Å². The van der Waals surface area contributed by atoms with Crippen LogP contribution in [0.25, 0.3) is 11.6 Å². The van der Waals surface area contributed by atoms with E-state index in [-0.39, 0.29) is 11.8 Å². The molecule has 3 aromatic rings. The lowest BCUT2D eigenvalue weighted by atomic mass is 10.00. The highest BCUT2D eigenvalue weighted by molar-refractivity contribution is 7.13. The number of amides is 1. The van der Waals surface area contributed by atoms with Crippen molar-refractivity contribution in [2.75, 3.05) is 13.1 Å². The number of aryl methyl sites for hydroxylation is 2.